The van der Waals surface area contributed by atoms with Crippen molar-refractivity contribution >= 4 is 9.24 Å². The molecule has 20 heavy (non-hydrogen) atoms. The molecule has 0 spiro atoms. The summed E-state index contributed by atoms with van der Waals surface area (Å²) in [4.78, 5) is 0. The summed E-state index contributed by atoms with van der Waals surface area (Å²) in [5.41, 5.74) is 0.868. The maximum absolute atomic E-state index is 2.98. The molecule has 0 heterocycles. The van der Waals surface area contributed by atoms with Crippen molar-refractivity contribution in [3.63, 3.8) is 0 Å². The summed E-state index contributed by atoms with van der Waals surface area (Å²) in [6.07, 6.45) is 23.2. The van der Waals surface area contributed by atoms with Gasteiger partial charge >= 0.3 is 0 Å². The van der Waals surface area contributed by atoms with Crippen LogP contribution >= 0.6 is 9.24 Å². The summed E-state index contributed by atoms with van der Waals surface area (Å²) < 4.78 is 0. The number of rotatable bonds is 16. The molecule has 0 nitrogen and oxygen atoms in total. The van der Waals surface area contributed by atoms with Crippen molar-refractivity contribution in [1.82, 2.24) is 0 Å². The maximum Gasteiger partial charge on any atom is -0.0267 e. The van der Waals surface area contributed by atoms with Gasteiger partial charge in [0, 0.05) is 0 Å². The van der Waals surface area contributed by atoms with Crippen LogP contribution in [0.2, 0.25) is 0 Å². The van der Waals surface area contributed by atoms with E-state index in [1.54, 1.807) is 0 Å². The Kier molecular flexibility index (Phi) is 17.9. The van der Waals surface area contributed by atoms with Crippen molar-refractivity contribution in [1.29, 1.82) is 0 Å². The summed E-state index contributed by atoms with van der Waals surface area (Å²) in [5, 5.41) is 0. The standard InChI is InChI=1S/C19H41P/c1-3-5-6-7-8-9-10-11-12-13-14-15-16-17-18-19(20)4-2/h19H,3-18,20H2,1-2H3. The highest BCUT2D eigenvalue weighted by Gasteiger charge is 1.98. The van der Waals surface area contributed by atoms with E-state index >= 15 is 0 Å². The Bertz CT molecular complexity index is 167. The number of unbranched alkanes of at least 4 members (excludes halogenated alkanes) is 13. The van der Waals surface area contributed by atoms with E-state index in [4.69, 9.17) is 0 Å². The van der Waals surface area contributed by atoms with Crippen LogP contribution in [0.5, 0.6) is 0 Å². The first kappa shape index (κ1) is 20.4. The third kappa shape index (κ3) is 16.5. The minimum atomic E-state index is 0.868. The summed E-state index contributed by atoms with van der Waals surface area (Å²) in [6, 6.07) is 0. The molecule has 122 valence electrons. The van der Waals surface area contributed by atoms with Gasteiger partial charge in [0.2, 0.25) is 0 Å². The van der Waals surface area contributed by atoms with Crippen LogP contribution in [0.15, 0.2) is 0 Å². The van der Waals surface area contributed by atoms with Gasteiger partial charge in [-0.2, -0.15) is 0 Å². The molecule has 0 radical (unpaired) electrons. The van der Waals surface area contributed by atoms with Gasteiger partial charge in [0.15, 0.2) is 0 Å². The molecule has 0 aromatic heterocycles. The van der Waals surface area contributed by atoms with Crippen LogP contribution in [-0.4, -0.2) is 5.66 Å². The van der Waals surface area contributed by atoms with Gasteiger partial charge in [0.05, 0.1) is 0 Å². The topological polar surface area (TPSA) is 0 Å². The van der Waals surface area contributed by atoms with Crippen LogP contribution in [0.25, 0.3) is 0 Å². The predicted molar refractivity (Wildman–Crippen MR) is 98.7 cm³/mol. The van der Waals surface area contributed by atoms with E-state index in [2.05, 4.69) is 23.1 Å². The Morgan fingerprint density at radius 1 is 0.550 bits per heavy atom. The van der Waals surface area contributed by atoms with Crippen LogP contribution in [-0.2, 0) is 0 Å². The number of hydrogen-bond acceptors (Lipinski definition) is 0. The summed E-state index contributed by atoms with van der Waals surface area (Å²) >= 11 is 0. The van der Waals surface area contributed by atoms with Gasteiger partial charge < -0.3 is 0 Å². The highest BCUT2D eigenvalue weighted by Crippen LogP contribution is 2.16. The first-order valence-corrected chi connectivity index (χ1v) is 10.2. The largest absolute Gasteiger partial charge is 0.134 e. The van der Waals surface area contributed by atoms with E-state index in [0.29, 0.717) is 0 Å². The molecule has 0 aromatic rings. The van der Waals surface area contributed by atoms with Gasteiger partial charge in [-0.25, -0.2) is 0 Å². The monoisotopic (exact) mass is 300 g/mol. The molecule has 2 unspecified atom stereocenters. The third-order valence-corrected chi connectivity index (χ3v) is 5.26. The second kappa shape index (κ2) is 17.5. The average Bonchev–Trinajstić information content (AvgIpc) is 2.47. The molecule has 0 saturated heterocycles. The Hall–Kier alpha value is 0.430. The fraction of sp³-hybridized carbons (Fsp3) is 1.00. The highest BCUT2D eigenvalue weighted by molar-refractivity contribution is 7.17. The van der Waals surface area contributed by atoms with E-state index in [9.17, 15) is 0 Å². The van der Waals surface area contributed by atoms with Crippen molar-refractivity contribution in [2.45, 2.75) is 122 Å². The fourth-order valence-electron chi connectivity index (χ4n) is 2.81. The first-order chi connectivity index (χ1) is 9.81. The van der Waals surface area contributed by atoms with Gasteiger partial charge in [0.25, 0.3) is 0 Å². The van der Waals surface area contributed by atoms with Crippen LogP contribution < -0.4 is 0 Å². The summed E-state index contributed by atoms with van der Waals surface area (Å²) in [6.45, 7) is 4.59. The average molecular weight is 301 g/mol. The van der Waals surface area contributed by atoms with Gasteiger partial charge in [-0.1, -0.05) is 104 Å². The van der Waals surface area contributed by atoms with Gasteiger partial charge in [-0.05, 0) is 18.5 Å². The smallest absolute Gasteiger partial charge is 0.0267 e. The molecule has 0 aliphatic heterocycles. The van der Waals surface area contributed by atoms with Crippen molar-refractivity contribution in [3.8, 4) is 0 Å². The summed E-state index contributed by atoms with van der Waals surface area (Å²) in [5.74, 6) is 0. The first-order valence-electron chi connectivity index (χ1n) is 9.56. The van der Waals surface area contributed by atoms with E-state index in [0.717, 1.165) is 5.66 Å². The van der Waals surface area contributed by atoms with Crippen LogP contribution in [0, 0.1) is 0 Å². The van der Waals surface area contributed by atoms with E-state index in [1.165, 1.54) is 103 Å². The lowest BCUT2D eigenvalue weighted by Gasteiger charge is -2.07. The fourth-order valence-corrected chi connectivity index (χ4v) is 3.04. The molecule has 0 aromatic carbocycles. The van der Waals surface area contributed by atoms with Crippen molar-refractivity contribution in [2.24, 2.45) is 0 Å². The lowest BCUT2D eigenvalue weighted by molar-refractivity contribution is 0.530. The third-order valence-electron chi connectivity index (χ3n) is 4.45. The lowest BCUT2D eigenvalue weighted by atomic mass is 10.0. The molecule has 0 rings (SSSR count). The zero-order chi connectivity index (χ0) is 14.9. The molecule has 0 amide bonds. The Labute approximate surface area is 132 Å². The highest BCUT2D eigenvalue weighted by atomic mass is 31.0. The summed E-state index contributed by atoms with van der Waals surface area (Å²) in [7, 11) is 2.98. The van der Waals surface area contributed by atoms with Gasteiger partial charge in [0.1, 0.15) is 0 Å². The van der Waals surface area contributed by atoms with Crippen molar-refractivity contribution < 1.29 is 0 Å². The van der Waals surface area contributed by atoms with E-state index < -0.39 is 0 Å². The zero-order valence-electron chi connectivity index (χ0n) is 14.5. The Morgan fingerprint density at radius 2 is 0.900 bits per heavy atom. The quantitative estimate of drug-likeness (QED) is 0.204. The predicted octanol–water partition coefficient (Wildman–Crippen LogP) is 7.51. The van der Waals surface area contributed by atoms with E-state index in [-0.39, 0.29) is 0 Å². The molecule has 0 aliphatic carbocycles. The second-order valence-corrected chi connectivity index (χ2v) is 7.50. The minimum Gasteiger partial charge on any atom is -0.134 e. The molecule has 0 saturated carbocycles. The molecule has 1 heteroatoms. The normalized spacial score (nSPS) is 12.8. The van der Waals surface area contributed by atoms with Crippen molar-refractivity contribution in [2.75, 3.05) is 0 Å². The van der Waals surface area contributed by atoms with Crippen LogP contribution in [0.4, 0.5) is 0 Å². The lowest BCUT2D eigenvalue weighted by Crippen LogP contribution is -1.94. The number of hydrogen-bond donors (Lipinski definition) is 0. The second-order valence-electron chi connectivity index (χ2n) is 6.55. The Morgan fingerprint density at radius 3 is 1.25 bits per heavy atom. The molecule has 2 atom stereocenters. The molecular formula is C19H41P. The molecular weight excluding hydrogens is 259 g/mol. The molecule has 0 N–H and O–H groups in total. The van der Waals surface area contributed by atoms with Gasteiger partial charge in [-0.3, -0.25) is 0 Å². The van der Waals surface area contributed by atoms with E-state index in [1.807, 2.05) is 0 Å². The Balaban J connectivity index is 2.96. The van der Waals surface area contributed by atoms with Crippen LogP contribution in [0.1, 0.15) is 117 Å². The van der Waals surface area contributed by atoms with Crippen LogP contribution in [0.3, 0.4) is 0 Å². The minimum absolute atomic E-state index is 0.868. The zero-order valence-corrected chi connectivity index (χ0v) is 15.6. The molecule has 0 aliphatic rings. The SMILES string of the molecule is CCCCCCCCCCCCCCCCC(P)CC. The molecule has 0 fully saturated rings. The van der Waals surface area contributed by atoms with Gasteiger partial charge in [-0.15, -0.1) is 9.24 Å². The van der Waals surface area contributed by atoms with Crippen molar-refractivity contribution in [3.05, 3.63) is 0 Å². The maximum atomic E-state index is 2.98. The molecule has 0 bridgehead atoms.